The lowest BCUT2D eigenvalue weighted by Gasteiger charge is -2.35. The van der Waals surface area contributed by atoms with Gasteiger partial charge in [0.15, 0.2) is 11.3 Å². The Balaban J connectivity index is 1.45. The van der Waals surface area contributed by atoms with Crippen molar-refractivity contribution in [3.05, 3.63) is 87.4 Å². The molecule has 2 aliphatic rings. The van der Waals surface area contributed by atoms with Crippen LogP contribution in [0.4, 0.5) is 17.1 Å². The summed E-state index contributed by atoms with van der Waals surface area (Å²) in [4.78, 5) is 21.8. The summed E-state index contributed by atoms with van der Waals surface area (Å²) in [5, 5.41) is 4.98. The van der Waals surface area contributed by atoms with E-state index in [-0.39, 0.29) is 11.9 Å². The van der Waals surface area contributed by atoms with Gasteiger partial charge in [-0.2, -0.15) is 0 Å². The third-order valence-corrected chi connectivity index (χ3v) is 8.68. The summed E-state index contributed by atoms with van der Waals surface area (Å²) in [7, 11) is 5.59. The number of nitrogens with one attached hydrogen (secondary N) is 1. The van der Waals surface area contributed by atoms with Gasteiger partial charge in [0, 0.05) is 54.3 Å². The molecule has 2 aliphatic heterocycles. The maximum absolute atomic E-state index is 13.9. The fourth-order valence-corrected chi connectivity index (χ4v) is 6.13. The number of anilines is 3. The number of morpholine rings is 1. The Morgan fingerprint density at radius 1 is 1.02 bits per heavy atom. The highest BCUT2D eigenvalue weighted by molar-refractivity contribution is 7.80. The molecule has 2 heterocycles. The number of ether oxygens (including phenoxy) is 1. The number of thiocarbonyl (C=S) groups is 1. The Kier molecular flexibility index (Phi) is 8.54. The van der Waals surface area contributed by atoms with Gasteiger partial charge < -0.3 is 24.8 Å². The van der Waals surface area contributed by atoms with Crippen LogP contribution in [-0.4, -0.2) is 69.5 Å². The number of amides is 1. The van der Waals surface area contributed by atoms with Crippen molar-refractivity contribution in [2.45, 2.75) is 19.1 Å². The van der Waals surface area contributed by atoms with Crippen LogP contribution in [0, 0.1) is 6.92 Å². The number of likely N-dealkylation sites (N-methyl/N-ethyl adjacent to an activating group) is 2. The first-order chi connectivity index (χ1) is 19.2. The van der Waals surface area contributed by atoms with Gasteiger partial charge in [0.25, 0.3) is 5.91 Å². The second kappa shape index (κ2) is 11.9. The molecule has 2 unspecified atom stereocenters. The quantitative estimate of drug-likeness (QED) is 0.400. The van der Waals surface area contributed by atoms with Gasteiger partial charge in [-0.05, 0) is 85.3 Å². The summed E-state index contributed by atoms with van der Waals surface area (Å²) in [5.41, 5.74) is 5.74. The number of benzene rings is 3. The summed E-state index contributed by atoms with van der Waals surface area (Å²) in [5.74, 6) is -0.143. The van der Waals surface area contributed by atoms with Crippen LogP contribution in [0.2, 0.25) is 10.0 Å². The van der Waals surface area contributed by atoms with Crippen molar-refractivity contribution in [2.24, 2.45) is 0 Å². The maximum atomic E-state index is 13.9. The highest BCUT2D eigenvalue weighted by atomic mass is 35.5. The molecule has 2 atom stereocenters. The van der Waals surface area contributed by atoms with E-state index in [1.165, 1.54) is 0 Å². The molecule has 7 nitrogen and oxygen atoms in total. The van der Waals surface area contributed by atoms with Crippen molar-refractivity contribution in [3.63, 3.8) is 0 Å². The zero-order chi connectivity index (χ0) is 28.6. The summed E-state index contributed by atoms with van der Waals surface area (Å²) in [6.07, 6.45) is -0.764. The molecule has 210 valence electrons. The Morgan fingerprint density at radius 3 is 2.45 bits per heavy atom. The number of carbonyl (C=O) groups is 1. The standard InChI is InChI=1S/C30H33Cl2N5O2S/c1-19-17-21(37-13-15-39-16-14-37)10-12-25(19)35(3)30(40)33-28-29(38)34(2)26-11-9-20(31)18-23(26)27(36(28)4)22-7-5-6-8-24(22)32/h5-12,17-18,27-28H,13-16H2,1-4H3,(H,33,40). The molecule has 1 N–H and O–H groups in total. The molecule has 0 saturated carbocycles. The van der Waals surface area contributed by atoms with Crippen molar-refractivity contribution in [2.75, 3.05) is 62.1 Å². The smallest absolute Gasteiger partial charge is 0.264 e. The summed E-state index contributed by atoms with van der Waals surface area (Å²) in [6, 6.07) is 19.2. The van der Waals surface area contributed by atoms with Crippen LogP contribution in [-0.2, 0) is 9.53 Å². The van der Waals surface area contributed by atoms with Crippen molar-refractivity contribution in [1.82, 2.24) is 10.2 Å². The van der Waals surface area contributed by atoms with Crippen molar-refractivity contribution < 1.29 is 9.53 Å². The zero-order valence-electron chi connectivity index (χ0n) is 23.0. The summed E-state index contributed by atoms with van der Waals surface area (Å²) < 4.78 is 5.50. The van der Waals surface area contributed by atoms with E-state index in [1.54, 1.807) is 18.0 Å². The van der Waals surface area contributed by atoms with Crippen molar-refractivity contribution >= 4 is 63.5 Å². The Morgan fingerprint density at radius 2 is 1.75 bits per heavy atom. The van der Waals surface area contributed by atoms with E-state index in [4.69, 9.17) is 40.2 Å². The zero-order valence-corrected chi connectivity index (χ0v) is 25.4. The highest BCUT2D eigenvalue weighted by Crippen LogP contribution is 2.41. The number of halogens is 2. The van der Waals surface area contributed by atoms with E-state index in [0.717, 1.165) is 60.1 Å². The molecule has 0 aliphatic carbocycles. The van der Waals surface area contributed by atoms with Crippen LogP contribution >= 0.6 is 35.4 Å². The lowest BCUT2D eigenvalue weighted by atomic mass is 9.96. The lowest BCUT2D eigenvalue weighted by molar-refractivity contribution is -0.123. The molecule has 0 bridgehead atoms. The number of nitrogens with zero attached hydrogens (tertiary/aromatic N) is 4. The maximum Gasteiger partial charge on any atom is 0.264 e. The predicted octanol–water partition coefficient (Wildman–Crippen LogP) is 5.47. The topological polar surface area (TPSA) is 51.3 Å². The van der Waals surface area contributed by atoms with E-state index in [0.29, 0.717) is 15.2 Å². The fraction of sp³-hybridized carbons (Fsp3) is 0.333. The monoisotopic (exact) mass is 597 g/mol. The van der Waals surface area contributed by atoms with Gasteiger partial charge in [-0.1, -0.05) is 41.4 Å². The third kappa shape index (κ3) is 5.51. The van der Waals surface area contributed by atoms with Crippen LogP contribution in [0.1, 0.15) is 22.7 Å². The number of rotatable bonds is 4. The average molecular weight is 599 g/mol. The van der Waals surface area contributed by atoms with Crippen LogP contribution in [0.3, 0.4) is 0 Å². The number of aryl methyl sites for hydroxylation is 1. The van der Waals surface area contributed by atoms with Gasteiger partial charge in [0.1, 0.15) is 0 Å². The second-order valence-corrected chi connectivity index (χ2v) is 11.4. The molecular weight excluding hydrogens is 565 g/mol. The van der Waals surface area contributed by atoms with Gasteiger partial charge in [0.2, 0.25) is 0 Å². The molecule has 0 spiro atoms. The normalized spacial score (nSPS) is 19.7. The average Bonchev–Trinajstić information content (AvgIpc) is 3.02. The molecule has 1 amide bonds. The third-order valence-electron chi connectivity index (χ3n) is 7.71. The molecule has 3 aromatic rings. The van der Waals surface area contributed by atoms with Crippen LogP contribution < -0.4 is 20.0 Å². The first-order valence-electron chi connectivity index (χ1n) is 13.2. The largest absolute Gasteiger partial charge is 0.378 e. The summed E-state index contributed by atoms with van der Waals surface area (Å²) in [6.45, 7) is 5.29. The predicted molar refractivity (Wildman–Crippen MR) is 168 cm³/mol. The molecule has 1 saturated heterocycles. The SMILES string of the molecule is Cc1cc(N2CCOCC2)ccc1N(C)C(=S)NC1C(=O)N(C)c2ccc(Cl)cc2C(c2ccccc2Cl)N1C. The van der Waals surface area contributed by atoms with E-state index in [1.807, 2.05) is 60.3 Å². The summed E-state index contributed by atoms with van der Waals surface area (Å²) >= 11 is 19.0. The fourth-order valence-electron chi connectivity index (χ4n) is 5.50. The van der Waals surface area contributed by atoms with Crippen LogP contribution in [0.5, 0.6) is 0 Å². The minimum absolute atomic E-state index is 0.143. The van der Waals surface area contributed by atoms with Crippen molar-refractivity contribution in [1.29, 1.82) is 0 Å². The minimum atomic E-state index is -0.764. The van der Waals surface area contributed by atoms with Gasteiger partial charge >= 0.3 is 0 Å². The molecule has 10 heteroatoms. The first kappa shape index (κ1) is 28.6. The van der Waals surface area contributed by atoms with Gasteiger partial charge in [-0.25, -0.2) is 0 Å². The Bertz CT molecular complexity index is 1430. The number of fused-ring (bicyclic) bond motifs is 1. The lowest BCUT2D eigenvalue weighted by Crippen LogP contribution is -2.57. The van der Waals surface area contributed by atoms with Crippen LogP contribution in [0.15, 0.2) is 60.7 Å². The molecule has 0 radical (unpaired) electrons. The minimum Gasteiger partial charge on any atom is -0.378 e. The molecular formula is C30H33Cl2N5O2S. The molecule has 3 aromatic carbocycles. The Labute approximate surface area is 251 Å². The van der Waals surface area contributed by atoms with Crippen molar-refractivity contribution in [3.8, 4) is 0 Å². The number of carbonyl (C=O) groups excluding carboxylic acids is 1. The first-order valence-corrected chi connectivity index (χ1v) is 14.3. The highest BCUT2D eigenvalue weighted by Gasteiger charge is 2.39. The van der Waals surface area contributed by atoms with E-state index in [2.05, 4.69) is 35.3 Å². The molecule has 40 heavy (non-hydrogen) atoms. The Hall–Kier alpha value is -2.88. The van der Waals surface area contributed by atoms with E-state index < -0.39 is 6.17 Å². The number of hydrogen-bond acceptors (Lipinski definition) is 5. The molecule has 1 fully saturated rings. The van der Waals surface area contributed by atoms with Crippen LogP contribution in [0.25, 0.3) is 0 Å². The van der Waals surface area contributed by atoms with Gasteiger partial charge in [0.05, 0.1) is 19.3 Å². The van der Waals surface area contributed by atoms with Gasteiger partial charge in [-0.3, -0.25) is 9.69 Å². The van der Waals surface area contributed by atoms with Gasteiger partial charge in [-0.15, -0.1) is 0 Å². The number of hydrogen-bond donors (Lipinski definition) is 1. The van der Waals surface area contributed by atoms with E-state index in [9.17, 15) is 4.79 Å². The molecule has 5 rings (SSSR count). The second-order valence-electron chi connectivity index (χ2n) is 10.2. The van der Waals surface area contributed by atoms with E-state index >= 15 is 0 Å². The molecule has 0 aromatic heterocycles.